The molecule has 1 unspecified atom stereocenters. The van der Waals surface area contributed by atoms with E-state index in [4.69, 9.17) is 9.40 Å². The quantitative estimate of drug-likeness (QED) is 0.198. The monoisotopic (exact) mass is 612 g/mol. The molecule has 0 saturated heterocycles. The molecule has 3 nitrogen and oxygen atoms in total. The summed E-state index contributed by atoms with van der Waals surface area (Å²) >= 11 is 0. The van der Waals surface area contributed by atoms with Crippen LogP contribution in [0, 0.1) is 0 Å². The van der Waals surface area contributed by atoms with E-state index < -0.39 is 0 Å². The first kappa shape index (κ1) is 26.9. The van der Waals surface area contributed by atoms with E-state index >= 15 is 0 Å². The first-order valence-corrected chi connectivity index (χ1v) is 16.3. The Kier molecular flexibility index (Phi) is 5.94. The highest BCUT2D eigenvalue weighted by molar-refractivity contribution is 6.07. The van der Waals surface area contributed by atoms with Gasteiger partial charge in [0, 0.05) is 34.1 Å². The Balaban J connectivity index is 1.20. The molecule has 0 bridgehead atoms. The smallest absolute Gasteiger partial charge is 0.135 e. The van der Waals surface area contributed by atoms with Crippen LogP contribution < -0.4 is 0 Å². The zero-order valence-corrected chi connectivity index (χ0v) is 26.0. The van der Waals surface area contributed by atoms with Crippen molar-refractivity contribution >= 4 is 32.7 Å². The maximum atomic E-state index is 6.14. The number of hydrogen-bond donors (Lipinski definition) is 0. The lowest BCUT2D eigenvalue weighted by Crippen LogP contribution is -2.04. The maximum absolute atomic E-state index is 6.14. The van der Waals surface area contributed by atoms with E-state index in [1.807, 2.05) is 24.5 Å². The number of furan rings is 1. The largest absolute Gasteiger partial charge is 0.456 e. The summed E-state index contributed by atoms with van der Waals surface area (Å²) < 4.78 is 6.14. The maximum Gasteiger partial charge on any atom is 0.135 e. The Morgan fingerprint density at radius 3 is 2.08 bits per heavy atom. The van der Waals surface area contributed by atoms with Gasteiger partial charge in [0.15, 0.2) is 0 Å². The number of para-hydroxylation sites is 1. The zero-order chi connectivity index (χ0) is 31.6. The molecule has 1 aliphatic carbocycles. The van der Waals surface area contributed by atoms with Gasteiger partial charge in [-0.25, -0.2) is 0 Å². The molecule has 6 aromatic carbocycles. The molecule has 0 N–H and O–H groups in total. The average molecular weight is 613 g/mol. The lowest BCUT2D eigenvalue weighted by Gasteiger charge is -2.17. The van der Waals surface area contributed by atoms with Crippen LogP contribution in [0.15, 0.2) is 168 Å². The second kappa shape index (κ2) is 10.6. The van der Waals surface area contributed by atoms with E-state index in [0.717, 1.165) is 55.4 Å². The first-order valence-electron chi connectivity index (χ1n) is 16.3. The molecule has 0 radical (unpaired) electrons. The van der Waals surface area contributed by atoms with Crippen molar-refractivity contribution in [1.82, 2.24) is 9.97 Å². The standard InChI is InChI=1S/C45H28N2O/c1-3-9-28(10-4-1)33-25-40(30-11-5-2-6-12-30)47-41(26-33)45-35-18-16-31(24-38(35)44-36(45)19-15-29-21-22-46-27-39(29)44)32-17-20-43-37(23-32)34-13-7-8-14-42(34)48-43/h1-27,45H. The van der Waals surface area contributed by atoms with Gasteiger partial charge in [-0.2, -0.15) is 0 Å². The van der Waals surface area contributed by atoms with Gasteiger partial charge in [-0.15, -0.1) is 0 Å². The van der Waals surface area contributed by atoms with Crippen LogP contribution >= 0.6 is 0 Å². The van der Waals surface area contributed by atoms with Gasteiger partial charge in [-0.3, -0.25) is 9.97 Å². The fourth-order valence-corrected chi connectivity index (χ4v) is 7.57. The molecule has 1 aliphatic rings. The lowest BCUT2D eigenvalue weighted by molar-refractivity contribution is 0.669. The summed E-state index contributed by atoms with van der Waals surface area (Å²) in [7, 11) is 0. The molecule has 48 heavy (non-hydrogen) atoms. The van der Waals surface area contributed by atoms with Crippen LogP contribution in [-0.2, 0) is 0 Å². The van der Waals surface area contributed by atoms with Crippen LogP contribution in [0.25, 0.3) is 77.3 Å². The Bertz CT molecular complexity index is 2620. The number of benzene rings is 6. The van der Waals surface area contributed by atoms with E-state index in [9.17, 15) is 0 Å². The van der Waals surface area contributed by atoms with Crippen molar-refractivity contribution in [2.24, 2.45) is 0 Å². The van der Waals surface area contributed by atoms with Crippen LogP contribution in [0.5, 0.6) is 0 Å². The third kappa shape index (κ3) is 4.21. The number of hydrogen-bond acceptors (Lipinski definition) is 3. The van der Waals surface area contributed by atoms with Crippen molar-refractivity contribution in [3.05, 3.63) is 181 Å². The molecule has 0 spiro atoms. The second-order valence-electron chi connectivity index (χ2n) is 12.6. The highest BCUT2D eigenvalue weighted by atomic mass is 16.3. The van der Waals surface area contributed by atoms with Crippen LogP contribution in [-0.4, -0.2) is 9.97 Å². The van der Waals surface area contributed by atoms with E-state index in [0.29, 0.717) is 0 Å². The van der Waals surface area contributed by atoms with Gasteiger partial charge in [0.25, 0.3) is 0 Å². The van der Waals surface area contributed by atoms with E-state index in [1.165, 1.54) is 38.8 Å². The Hall–Kier alpha value is -6.32. The van der Waals surface area contributed by atoms with Crippen molar-refractivity contribution in [1.29, 1.82) is 0 Å². The third-order valence-electron chi connectivity index (χ3n) is 9.83. The van der Waals surface area contributed by atoms with Crippen molar-refractivity contribution in [3.63, 3.8) is 0 Å². The van der Waals surface area contributed by atoms with Crippen molar-refractivity contribution in [2.45, 2.75) is 5.92 Å². The van der Waals surface area contributed by atoms with Crippen LogP contribution in [0.4, 0.5) is 0 Å². The molecule has 10 rings (SSSR count). The zero-order valence-electron chi connectivity index (χ0n) is 26.0. The summed E-state index contributed by atoms with van der Waals surface area (Å²) in [4.78, 5) is 9.98. The number of pyridine rings is 2. The van der Waals surface area contributed by atoms with Gasteiger partial charge in [0.1, 0.15) is 11.2 Å². The molecule has 0 saturated carbocycles. The SMILES string of the molecule is c1ccc(-c2cc(-c3ccccc3)nc(C3c4ccc(-c5ccc6oc7ccccc7c6c5)cc4-c4c3ccc3ccncc43)c2)cc1. The van der Waals surface area contributed by atoms with Gasteiger partial charge in [-0.1, -0.05) is 109 Å². The second-order valence-corrected chi connectivity index (χ2v) is 12.6. The molecule has 0 aliphatic heterocycles. The average Bonchev–Trinajstić information content (AvgIpc) is 3.70. The molecule has 3 heteroatoms. The molecule has 0 amide bonds. The predicted octanol–water partition coefficient (Wildman–Crippen LogP) is 11.7. The predicted molar refractivity (Wildman–Crippen MR) is 196 cm³/mol. The van der Waals surface area contributed by atoms with Gasteiger partial charge in [0.05, 0.1) is 17.3 Å². The Labute approximate surface area is 277 Å². The molecule has 224 valence electrons. The minimum absolute atomic E-state index is 0.0277. The van der Waals surface area contributed by atoms with Crippen LogP contribution in [0.3, 0.4) is 0 Å². The van der Waals surface area contributed by atoms with Gasteiger partial charge in [0.2, 0.25) is 0 Å². The summed E-state index contributed by atoms with van der Waals surface area (Å²) in [5.41, 5.74) is 14.6. The molecule has 3 aromatic heterocycles. The Morgan fingerprint density at radius 1 is 0.479 bits per heavy atom. The fourth-order valence-electron chi connectivity index (χ4n) is 7.57. The highest BCUT2D eigenvalue weighted by Gasteiger charge is 2.33. The lowest BCUT2D eigenvalue weighted by atomic mass is 9.89. The molecular weight excluding hydrogens is 585 g/mol. The minimum atomic E-state index is -0.0277. The van der Waals surface area contributed by atoms with Crippen molar-refractivity contribution in [2.75, 3.05) is 0 Å². The summed E-state index contributed by atoms with van der Waals surface area (Å²) in [5.74, 6) is -0.0277. The van der Waals surface area contributed by atoms with E-state index in [2.05, 4.69) is 145 Å². The number of nitrogens with zero attached hydrogens (tertiary/aromatic N) is 2. The number of fused-ring (bicyclic) bond motifs is 8. The van der Waals surface area contributed by atoms with Crippen molar-refractivity contribution in [3.8, 4) is 44.6 Å². The number of rotatable bonds is 4. The summed E-state index contributed by atoms with van der Waals surface area (Å²) in [6, 6.07) is 54.0. The molecule has 3 heterocycles. The summed E-state index contributed by atoms with van der Waals surface area (Å²) in [6.45, 7) is 0. The van der Waals surface area contributed by atoms with Gasteiger partial charge < -0.3 is 4.42 Å². The van der Waals surface area contributed by atoms with E-state index in [-0.39, 0.29) is 5.92 Å². The topological polar surface area (TPSA) is 38.9 Å². The van der Waals surface area contributed by atoms with Crippen LogP contribution in [0.2, 0.25) is 0 Å². The summed E-state index contributed by atoms with van der Waals surface area (Å²) in [6.07, 6.45) is 3.89. The molecule has 9 aromatic rings. The Morgan fingerprint density at radius 2 is 1.21 bits per heavy atom. The third-order valence-corrected chi connectivity index (χ3v) is 9.83. The minimum Gasteiger partial charge on any atom is -0.456 e. The van der Waals surface area contributed by atoms with Crippen molar-refractivity contribution < 1.29 is 4.42 Å². The van der Waals surface area contributed by atoms with Gasteiger partial charge in [-0.05, 0) is 92.4 Å². The molecule has 0 fully saturated rings. The van der Waals surface area contributed by atoms with Gasteiger partial charge >= 0.3 is 0 Å². The highest BCUT2D eigenvalue weighted by Crippen LogP contribution is 2.52. The summed E-state index contributed by atoms with van der Waals surface area (Å²) in [5, 5.41) is 4.61. The fraction of sp³-hybridized carbons (Fsp3) is 0.0222. The number of aromatic nitrogens is 2. The molecule has 1 atom stereocenters. The first-order chi connectivity index (χ1) is 23.8. The van der Waals surface area contributed by atoms with E-state index in [1.54, 1.807) is 0 Å². The normalized spacial score (nSPS) is 13.6. The van der Waals surface area contributed by atoms with Crippen LogP contribution in [0.1, 0.15) is 22.7 Å². The molecular formula is C45H28N2O.